The Kier molecular flexibility index (Phi) is 2.80. The van der Waals surface area contributed by atoms with Crippen molar-refractivity contribution in [3.05, 3.63) is 17.5 Å². The van der Waals surface area contributed by atoms with E-state index in [9.17, 15) is 0 Å². The maximum absolute atomic E-state index is 4.69. The number of fused-ring (bicyclic) bond motifs is 1. The first-order chi connectivity index (χ1) is 7.38. The highest BCUT2D eigenvalue weighted by Gasteiger charge is 2.24. The lowest BCUT2D eigenvalue weighted by Gasteiger charge is -2.32. The summed E-state index contributed by atoms with van der Waals surface area (Å²) in [6, 6.07) is 2.25. The molecule has 0 bridgehead atoms. The fourth-order valence-electron chi connectivity index (χ4n) is 1.96. The summed E-state index contributed by atoms with van der Waals surface area (Å²) in [7, 11) is 4.19. The standard InChI is InChI=1S/C12H22N4/c1-12(2,3)11-8-10-9-15(14(4)5)6-7-16(10)13-11/h8H,6-7,9H2,1-5H3. The molecule has 0 saturated heterocycles. The van der Waals surface area contributed by atoms with Gasteiger partial charge in [-0.1, -0.05) is 20.8 Å². The van der Waals surface area contributed by atoms with Crippen LogP contribution in [0.15, 0.2) is 6.07 Å². The lowest BCUT2D eigenvalue weighted by atomic mass is 9.92. The predicted octanol–water partition coefficient (Wildman–Crippen LogP) is 1.47. The molecule has 1 aromatic rings. The molecule has 0 atom stereocenters. The zero-order chi connectivity index (χ0) is 11.9. The Morgan fingerprint density at radius 1 is 1.25 bits per heavy atom. The molecule has 0 saturated carbocycles. The highest BCUT2D eigenvalue weighted by Crippen LogP contribution is 2.23. The van der Waals surface area contributed by atoms with Gasteiger partial charge in [-0.25, -0.2) is 10.0 Å². The Bertz CT molecular complexity index is 373. The Hall–Kier alpha value is -0.870. The van der Waals surface area contributed by atoms with E-state index in [1.165, 1.54) is 11.4 Å². The minimum atomic E-state index is 0.146. The summed E-state index contributed by atoms with van der Waals surface area (Å²) in [5, 5.41) is 9.18. The molecule has 1 aliphatic rings. The molecule has 0 radical (unpaired) electrons. The van der Waals surface area contributed by atoms with Gasteiger partial charge in [0.15, 0.2) is 0 Å². The lowest BCUT2D eigenvalue weighted by molar-refractivity contribution is -0.00275. The van der Waals surface area contributed by atoms with Crippen molar-refractivity contribution in [3.8, 4) is 0 Å². The summed E-state index contributed by atoms with van der Waals surface area (Å²) in [6.45, 7) is 9.64. The van der Waals surface area contributed by atoms with Crippen LogP contribution in [0.5, 0.6) is 0 Å². The average molecular weight is 222 g/mol. The molecule has 4 heteroatoms. The van der Waals surface area contributed by atoms with Gasteiger partial charge in [-0.05, 0) is 6.07 Å². The van der Waals surface area contributed by atoms with E-state index in [4.69, 9.17) is 0 Å². The van der Waals surface area contributed by atoms with Crippen molar-refractivity contribution in [3.63, 3.8) is 0 Å². The maximum atomic E-state index is 4.69. The molecule has 0 spiro atoms. The van der Waals surface area contributed by atoms with E-state index in [0.29, 0.717) is 0 Å². The van der Waals surface area contributed by atoms with Gasteiger partial charge in [0.1, 0.15) is 0 Å². The first-order valence-electron chi connectivity index (χ1n) is 5.87. The molecule has 0 N–H and O–H groups in total. The molecule has 2 rings (SSSR count). The van der Waals surface area contributed by atoms with E-state index >= 15 is 0 Å². The van der Waals surface area contributed by atoms with Crippen LogP contribution in [-0.2, 0) is 18.5 Å². The van der Waals surface area contributed by atoms with Crippen LogP contribution in [0.2, 0.25) is 0 Å². The molecule has 0 amide bonds. The Morgan fingerprint density at radius 2 is 1.94 bits per heavy atom. The monoisotopic (exact) mass is 222 g/mol. The molecule has 0 aromatic carbocycles. The van der Waals surface area contributed by atoms with Crippen LogP contribution in [0, 0.1) is 0 Å². The molecule has 4 nitrogen and oxygen atoms in total. The van der Waals surface area contributed by atoms with E-state index < -0.39 is 0 Å². The third-order valence-corrected chi connectivity index (χ3v) is 3.11. The first kappa shape index (κ1) is 11.6. The van der Waals surface area contributed by atoms with Gasteiger partial charge in [-0.15, -0.1) is 0 Å². The number of hydrazine groups is 1. The van der Waals surface area contributed by atoms with Gasteiger partial charge in [-0.3, -0.25) is 4.68 Å². The second-order valence-corrected chi connectivity index (χ2v) is 5.73. The van der Waals surface area contributed by atoms with E-state index in [-0.39, 0.29) is 5.41 Å². The zero-order valence-corrected chi connectivity index (χ0v) is 11.0. The first-order valence-corrected chi connectivity index (χ1v) is 5.87. The minimum absolute atomic E-state index is 0.146. The number of hydrogen-bond donors (Lipinski definition) is 0. The summed E-state index contributed by atoms with van der Waals surface area (Å²) in [6.07, 6.45) is 0. The molecule has 1 aromatic heterocycles. The van der Waals surface area contributed by atoms with Crippen LogP contribution in [0.3, 0.4) is 0 Å². The van der Waals surface area contributed by atoms with Gasteiger partial charge in [0.05, 0.1) is 24.5 Å². The van der Waals surface area contributed by atoms with Crippen molar-refractivity contribution in [2.24, 2.45) is 0 Å². The summed E-state index contributed by atoms with van der Waals surface area (Å²) in [5.41, 5.74) is 2.67. The third-order valence-electron chi connectivity index (χ3n) is 3.11. The summed E-state index contributed by atoms with van der Waals surface area (Å²) >= 11 is 0. The number of nitrogens with zero attached hydrogens (tertiary/aromatic N) is 4. The van der Waals surface area contributed by atoms with E-state index in [1.807, 2.05) is 0 Å². The van der Waals surface area contributed by atoms with Gasteiger partial charge >= 0.3 is 0 Å². The van der Waals surface area contributed by atoms with Gasteiger partial charge < -0.3 is 0 Å². The molecule has 0 unspecified atom stereocenters. The van der Waals surface area contributed by atoms with E-state index in [2.05, 4.69) is 60.7 Å². The van der Waals surface area contributed by atoms with Crippen LogP contribution in [0.1, 0.15) is 32.2 Å². The Morgan fingerprint density at radius 3 is 2.50 bits per heavy atom. The summed E-state index contributed by atoms with van der Waals surface area (Å²) < 4.78 is 2.15. The quantitative estimate of drug-likeness (QED) is 0.719. The average Bonchev–Trinajstić information content (AvgIpc) is 2.58. The molecule has 0 aliphatic carbocycles. The molecule has 0 fully saturated rings. The van der Waals surface area contributed by atoms with Crippen molar-refractivity contribution in [1.29, 1.82) is 0 Å². The Balaban J connectivity index is 2.23. The van der Waals surface area contributed by atoms with Crippen LogP contribution >= 0.6 is 0 Å². The van der Waals surface area contributed by atoms with Gasteiger partial charge in [0.25, 0.3) is 0 Å². The molecule has 16 heavy (non-hydrogen) atoms. The largest absolute Gasteiger partial charge is 0.267 e. The van der Waals surface area contributed by atoms with E-state index in [0.717, 1.165) is 19.6 Å². The Labute approximate surface area is 97.8 Å². The molecular formula is C12H22N4. The van der Waals surface area contributed by atoms with Crippen molar-refractivity contribution < 1.29 is 0 Å². The smallest absolute Gasteiger partial charge is 0.0681 e. The van der Waals surface area contributed by atoms with Crippen LogP contribution in [-0.4, -0.2) is 40.4 Å². The van der Waals surface area contributed by atoms with E-state index in [1.54, 1.807) is 0 Å². The van der Waals surface area contributed by atoms with Gasteiger partial charge in [0, 0.05) is 26.1 Å². The minimum Gasteiger partial charge on any atom is -0.267 e. The maximum Gasteiger partial charge on any atom is 0.0681 e. The molecule has 2 heterocycles. The van der Waals surface area contributed by atoms with Crippen LogP contribution in [0.4, 0.5) is 0 Å². The summed E-state index contributed by atoms with van der Waals surface area (Å²) in [4.78, 5) is 0. The normalized spacial score (nSPS) is 17.9. The molecule has 1 aliphatic heterocycles. The van der Waals surface area contributed by atoms with Crippen molar-refractivity contribution in [1.82, 2.24) is 19.8 Å². The second-order valence-electron chi connectivity index (χ2n) is 5.73. The van der Waals surface area contributed by atoms with Crippen molar-refractivity contribution >= 4 is 0 Å². The van der Waals surface area contributed by atoms with Gasteiger partial charge in [-0.2, -0.15) is 5.10 Å². The lowest BCUT2D eigenvalue weighted by Crippen LogP contribution is -2.42. The van der Waals surface area contributed by atoms with Crippen LogP contribution in [0.25, 0.3) is 0 Å². The number of rotatable bonds is 1. The van der Waals surface area contributed by atoms with Crippen molar-refractivity contribution in [2.75, 3.05) is 20.6 Å². The fraction of sp³-hybridized carbons (Fsp3) is 0.750. The third kappa shape index (κ3) is 2.13. The molecule has 90 valence electrons. The fourth-order valence-corrected chi connectivity index (χ4v) is 1.96. The summed E-state index contributed by atoms with van der Waals surface area (Å²) in [5.74, 6) is 0. The van der Waals surface area contributed by atoms with Gasteiger partial charge in [0.2, 0.25) is 0 Å². The number of aromatic nitrogens is 2. The highest BCUT2D eigenvalue weighted by molar-refractivity contribution is 5.18. The number of hydrogen-bond acceptors (Lipinski definition) is 3. The topological polar surface area (TPSA) is 24.3 Å². The zero-order valence-electron chi connectivity index (χ0n) is 11.0. The van der Waals surface area contributed by atoms with Crippen molar-refractivity contribution in [2.45, 2.75) is 39.3 Å². The predicted molar refractivity (Wildman–Crippen MR) is 65.0 cm³/mol. The van der Waals surface area contributed by atoms with Crippen LogP contribution < -0.4 is 0 Å². The molecular weight excluding hydrogens is 200 g/mol. The second kappa shape index (κ2) is 3.86. The highest BCUT2D eigenvalue weighted by atomic mass is 15.6. The SMILES string of the molecule is CN(C)N1CCn2nc(C(C)(C)C)cc2C1.